The number of nitrogens with zero attached hydrogens (tertiary/aromatic N) is 3. The van der Waals surface area contributed by atoms with Crippen LogP contribution < -0.4 is 5.73 Å². The van der Waals surface area contributed by atoms with E-state index in [9.17, 15) is 13.2 Å². The van der Waals surface area contributed by atoms with Crippen LogP contribution in [0.15, 0.2) is 30.7 Å². The first kappa shape index (κ1) is 13.6. The Kier molecular flexibility index (Phi) is 3.17. The van der Waals surface area contributed by atoms with Gasteiger partial charge in [0.25, 0.3) is 0 Å². The normalized spacial score (nSPS) is 12.2. The number of H-pyrrole nitrogens is 1. The lowest BCUT2D eigenvalue weighted by Crippen LogP contribution is -2.07. The second-order valence-corrected chi connectivity index (χ2v) is 4.60. The number of halogens is 3. The minimum atomic E-state index is -4.37. The number of hydrogen-bond acceptors (Lipinski definition) is 3. The molecule has 3 N–H and O–H groups in total. The van der Waals surface area contributed by atoms with Gasteiger partial charge >= 0.3 is 6.18 Å². The summed E-state index contributed by atoms with van der Waals surface area (Å²) in [7, 11) is 0. The van der Waals surface area contributed by atoms with Crippen LogP contribution in [0.2, 0.25) is 0 Å². The number of fused-ring (bicyclic) bond motifs is 1. The fourth-order valence-corrected chi connectivity index (χ4v) is 2.06. The van der Waals surface area contributed by atoms with Crippen molar-refractivity contribution in [2.45, 2.75) is 12.7 Å². The molecule has 0 aliphatic rings. The van der Waals surface area contributed by atoms with E-state index >= 15 is 0 Å². The summed E-state index contributed by atoms with van der Waals surface area (Å²) in [6.45, 7) is 1.09. The molecule has 0 spiro atoms. The second-order valence-electron chi connectivity index (χ2n) is 4.60. The van der Waals surface area contributed by atoms with Gasteiger partial charge in [-0.3, -0.25) is 0 Å². The Bertz CT molecular complexity index is 772. The highest BCUT2D eigenvalue weighted by atomic mass is 19.4. The number of nitrogens with two attached hydrogens (primary N) is 1. The number of aromatic nitrogens is 4. The highest BCUT2D eigenvalue weighted by molar-refractivity contribution is 5.79. The summed E-state index contributed by atoms with van der Waals surface area (Å²) in [4.78, 5) is 11.3. The Morgan fingerprint density at radius 2 is 2.10 bits per heavy atom. The molecule has 0 amide bonds. The molecule has 0 radical (unpaired) electrons. The standard InChI is InChI=1S/C13H12F3N5/c14-13(15,16)8-1-2-9-10(5-8)20-12(19-9)11-6-21(4-3-17)7-18-11/h1-2,5-7H,3-4,17H2,(H,19,20). The summed E-state index contributed by atoms with van der Waals surface area (Å²) in [5.41, 5.74) is 6.09. The fraction of sp³-hybridized carbons (Fsp3) is 0.231. The maximum atomic E-state index is 12.7. The van der Waals surface area contributed by atoms with Crippen LogP contribution in [0.4, 0.5) is 13.2 Å². The monoisotopic (exact) mass is 295 g/mol. The van der Waals surface area contributed by atoms with E-state index < -0.39 is 11.7 Å². The molecule has 0 aliphatic heterocycles. The Morgan fingerprint density at radius 1 is 1.29 bits per heavy atom. The van der Waals surface area contributed by atoms with Crippen LogP contribution in [0.5, 0.6) is 0 Å². The van der Waals surface area contributed by atoms with Crippen molar-refractivity contribution in [1.82, 2.24) is 19.5 Å². The molecule has 0 fully saturated rings. The molecule has 0 aliphatic carbocycles. The van der Waals surface area contributed by atoms with Crippen LogP contribution in [-0.2, 0) is 12.7 Å². The molecule has 5 nitrogen and oxygen atoms in total. The van der Waals surface area contributed by atoms with Gasteiger partial charge in [0, 0.05) is 19.3 Å². The van der Waals surface area contributed by atoms with Gasteiger partial charge in [0.1, 0.15) is 5.69 Å². The van der Waals surface area contributed by atoms with Gasteiger partial charge in [-0.05, 0) is 18.2 Å². The van der Waals surface area contributed by atoms with E-state index in [0.717, 1.165) is 12.1 Å². The third kappa shape index (κ3) is 2.62. The van der Waals surface area contributed by atoms with Gasteiger partial charge in [0.15, 0.2) is 5.82 Å². The molecule has 0 atom stereocenters. The molecule has 21 heavy (non-hydrogen) atoms. The molecule has 3 aromatic rings. The van der Waals surface area contributed by atoms with Gasteiger partial charge in [-0.25, -0.2) is 9.97 Å². The van der Waals surface area contributed by atoms with E-state index in [1.165, 1.54) is 6.07 Å². The topological polar surface area (TPSA) is 72.5 Å². The number of rotatable bonds is 3. The molecule has 0 saturated heterocycles. The second kappa shape index (κ2) is 4.88. The first-order chi connectivity index (χ1) is 9.97. The maximum absolute atomic E-state index is 12.7. The van der Waals surface area contributed by atoms with Gasteiger partial charge in [-0.1, -0.05) is 0 Å². The van der Waals surface area contributed by atoms with Crippen LogP contribution in [0.1, 0.15) is 5.56 Å². The molecule has 0 bridgehead atoms. The van der Waals surface area contributed by atoms with Crippen molar-refractivity contribution in [2.24, 2.45) is 5.73 Å². The smallest absolute Gasteiger partial charge is 0.337 e. The Hall–Kier alpha value is -2.35. The van der Waals surface area contributed by atoms with E-state index in [2.05, 4.69) is 15.0 Å². The first-order valence-corrected chi connectivity index (χ1v) is 6.26. The Balaban J connectivity index is 2.00. The van der Waals surface area contributed by atoms with E-state index in [1.807, 2.05) is 0 Å². The van der Waals surface area contributed by atoms with Gasteiger partial charge in [0.2, 0.25) is 0 Å². The van der Waals surface area contributed by atoms with Crippen LogP contribution in [-0.4, -0.2) is 26.1 Å². The zero-order chi connectivity index (χ0) is 15.0. The summed E-state index contributed by atoms with van der Waals surface area (Å²) in [5.74, 6) is 0.431. The number of imidazole rings is 2. The predicted molar refractivity (Wildman–Crippen MR) is 71.4 cm³/mol. The van der Waals surface area contributed by atoms with Gasteiger partial charge in [0.05, 0.1) is 22.9 Å². The molecule has 3 rings (SSSR count). The number of nitrogens with one attached hydrogen (secondary N) is 1. The highest BCUT2D eigenvalue weighted by Gasteiger charge is 2.30. The molecular weight excluding hydrogens is 283 g/mol. The van der Waals surface area contributed by atoms with E-state index in [1.54, 1.807) is 17.1 Å². The molecule has 2 aromatic heterocycles. The lowest BCUT2D eigenvalue weighted by molar-refractivity contribution is -0.137. The Labute approximate surface area is 117 Å². The summed E-state index contributed by atoms with van der Waals surface area (Å²) < 4.78 is 39.8. The molecule has 0 unspecified atom stereocenters. The number of alkyl halides is 3. The minimum Gasteiger partial charge on any atom is -0.337 e. The van der Waals surface area contributed by atoms with Crippen molar-refractivity contribution >= 4 is 11.0 Å². The van der Waals surface area contributed by atoms with Crippen LogP contribution in [0.25, 0.3) is 22.6 Å². The zero-order valence-electron chi connectivity index (χ0n) is 10.9. The van der Waals surface area contributed by atoms with Gasteiger partial charge in [-0.15, -0.1) is 0 Å². The Morgan fingerprint density at radius 3 is 2.81 bits per heavy atom. The quantitative estimate of drug-likeness (QED) is 0.779. The lowest BCUT2D eigenvalue weighted by Gasteiger charge is -2.05. The largest absolute Gasteiger partial charge is 0.416 e. The van der Waals surface area contributed by atoms with Crippen LogP contribution in [0, 0.1) is 0 Å². The number of benzene rings is 1. The molecule has 2 heterocycles. The lowest BCUT2D eigenvalue weighted by atomic mass is 10.2. The van der Waals surface area contributed by atoms with Crippen molar-refractivity contribution in [2.75, 3.05) is 6.54 Å². The predicted octanol–water partition coefficient (Wildman–Crippen LogP) is 2.40. The number of aromatic amines is 1. The highest BCUT2D eigenvalue weighted by Crippen LogP contribution is 2.31. The van der Waals surface area contributed by atoms with Crippen LogP contribution in [0.3, 0.4) is 0 Å². The van der Waals surface area contributed by atoms with Gasteiger partial charge < -0.3 is 15.3 Å². The summed E-state index contributed by atoms with van der Waals surface area (Å²) >= 11 is 0. The van der Waals surface area contributed by atoms with E-state index in [4.69, 9.17) is 5.73 Å². The van der Waals surface area contributed by atoms with Gasteiger partial charge in [-0.2, -0.15) is 13.2 Å². The van der Waals surface area contributed by atoms with Crippen molar-refractivity contribution in [3.05, 3.63) is 36.3 Å². The summed E-state index contributed by atoms with van der Waals surface area (Å²) in [6, 6.07) is 3.40. The van der Waals surface area contributed by atoms with E-state index in [-0.39, 0.29) is 0 Å². The number of hydrogen-bond donors (Lipinski definition) is 2. The molecule has 1 aromatic carbocycles. The average molecular weight is 295 g/mol. The SMILES string of the molecule is NCCn1cnc(-c2nc3ccc(C(F)(F)F)cc3[nH]2)c1. The average Bonchev–Trinajstić information content (AvgIpc) is 3.02. The third-order valence-electron chi connectivity index (χ3n) is 3.07. The van der Waals surface area contributed by atoms with Crippen molar-refractivity contribution in [3.63, 3.8) is 0 Å². The summed E-state index contributed by atoms with van der Waals surface area (Å²) in [6.07, 6.45) is -1.02. The van der Waals surface area contributed by atoms with Crippen molar-refractivity contribution in [1.29, 1.82) is 0 Å². The van der Waals surface area contributed by atoms with Crippen molar-refractivity contribution < 1.29 is 13.2 Å². The molecule has 0 saturated carbocycles. The first-order valence-electron chi connectivity index (χ1n) is 6.26. The molecular formula is C13H12F3N5. The molecule has 110 valence electrons. The minimum absolute atomic E-state index is 0.327. The van der Waals surface area contributed by atoms with Crippen LogP contribution >= 0.6 is 0 Å². The molecule has 8 heteroatoms. The zero-order valence-corrected chi connectivity index (χ0v) is 10.9. The third-order valence-corrected chi connectivity index (χ3v) is 3.07. The van der Waals surface area contributed by atoms with Crippen molar-refractivity contribution in [3.8, 4) is 11.5 Å². The maximum Gasteiger partial charge on any atom is 0.416 e. The summed E-state index contributed by atoms with van der Waals surface area (Å²) in [5, 5.41) is 0. The van der Waals surface area contributed by atoms with E-state index in [0.29, 0.717) is 35.6 Å². The fourth-order valence-electron chi connectivity index (χ4n) is 2.06.